The fourth-order valence-corrected chi connectivity index (χ4v) is 4.25. The molecule has 0 unspecified atom stereocenters. The third kappa shape index (κ3) is 2.63. The van der Waals surface area contributed by atoms with Crippen LogP contribution in [0.3, 0.4) is 0 Å². The Hall–Kier alpha value is -1.63. The van der Waals surface area contributed by atoms with Crippen molar-refractivity contribution in [2.45, 2.75) is 13.3 Å². The SMILES string of the molecule is CC(=O)Nc1cnc2c(c1-c1ccccc1)CC[I-]N2. The number of halogens is 1. The number of amides is 1. The molecule has 5 heteroatoms. The average Bonchev–Trinajstić information content (AvgIpc) is 2.47. The minimum atomic E-state index is -0.0693. The van der Waals surface area contributed by atoms with E-state index in [0.717, 1.165) is 29.1 Å². The monoisotopic (exact) mass is 380 g/mol. The van der Waals surface area contributed by atoms with Crippen molar-refractivity contribution in [1.29, 1.82) is 0 Å². The number of pyridine rings is 1. The fraction of sp³-hybridized carbons (Fsp3) is 0.200. The number of aromatic nitrogens is 1. The van der Waals surface area contributed by atoms with Crippen LogP contribution in [-0.2, 0) is 11.2 Å². The number of carbonyl (C=O) groups is 1. The number of benzene rings is 1. The molecule has 1 amide bonds. The molecule has 0 radical (unpaired) electrons. The van der Waals surface area contributed by atoms with Gasteiger partial charge in [0.25, 0.3) is 0 Å². The summed E-state index contributed by atoms with van der Waals surface area (Å²) in [5.74, 6) is 0.914. The second-order valence-corrected chi connectivity index (χ2v) is 6.97. The molecule has 2 aromatic rings. The molecule has 1 aromatic heterocycles. The van der Waals surface area contributed by atoms with Crippen molar-refractivity contribution < 1.29 is 26.3 Å². The summed E-state index contributed by atoms with van der Waals surface area (Å²) >= 11 is 0.0158. The van der Waals surface area contributed by atoms with Crippen molar-refractivity contribution in [3.8, 4) is 11.1 Å². The predicted molar refractivity (Wildman–Crippen MR) is 76.2 cm³/mol. The summed E-state index contributed by atoms with van der Waals surface area (Å²) in [7, 11) is 0. The molecule has 4 nitrogen and oxygen atoms in total. The number of carbonyl (C=O) groups excluding carboxylic acids is 1. The first kappa shape index (κ1) is 13.4. The van der Waals surface area contributed by atoms with E-state index in [2.05, 4.69) is 26.0 Å². The van der Waals surface area contributed by atoms with Crippen LogP contribution >= 0.6 is 0 Å². The van der Waals surface area contributed by atoms with Crippen LogP contribution in [0.15, 0.2) is 36.5 Å². The molecule has 1 aromatic carbocycles. The zero-order chi connectivity index (χ0) is 13.9. The zero-order valence-electron chi connectivity index (χ0n) is 11.1. The van der Waals surface area contributed by atoms with E-state index in [4.69, 9.17) is 0 Å². The van der Waals surface area contributed by atoms with Crippen LogP contribution in [-0.4, -0.2) is 15.3 Å². The molecular weight excluding hydrogens is 365 g/mol. The summed E-state index contributed by atoms with van der Waals surface area (Å²) in [5.41, 5.74) is 4.23. The molecule has 3 rings (SSSR count). The van der Waals surface area contributed by atoms with Gasteiger partial charge in [-0.25, -0.2) is 0 Å². The molecular formula is C15H15IN3O-. The third-order valence-electron chi connectivity index (χ3n) is 3.15. The van der Waals surface area contributed by atoms with Gasteiger partial charge in [0.1, 0.15) is 0 Å². The molecule has 0 spiro atoms. The molecule has 0 saturated heterocycles. The van der Waals surface area contributed by atoms with Gasteiger partial charge >= 0.3 is 129 Å². The number of anilines is 2. The Morgan fingerprint density at radius 3 is 2.90 bits per heavy atom. The summed E-state index contributed by atoms with van der Waals surface area (Å²) in [6.07, 6.45) is 2.78. The van der Waals surface area contributed by atoms with Gasteiger partial charge in [-0.3, -0.25) is 0 Å². The van der Waals surface area contributed by atoms with Crippen LogP contribution in [0.25, 0.3) is 11.1 Å². The van der Waals surface area contributed by atoms with E-state index in [9.17, 15) is 4.79 Å². The van der Waals surface area contributed by atoms with Gasteiger partial charge in [0, 0.05) is 0 Å². The topological polar surface area (TPSA) is 54.0 Å². The average molecular weight is 380 g/mol. The van der Waals surface area contributed by atoms with Crippen LogP contribution in [0.2, 0.25) is 0 Å². The van der Waals surface area contributed by atoms with Gasteiger partial charge in [0.15, 0.2) is 0 Å². The molecule has 2 N–H and O–H groups in total. The van der Waals surface area contributed by atoms with Gasteiger partial charge < -0.3 is 0 Å². The number of alkyl halides is 1. The van der Waals surface area contributed by atoms with E-state index in [0.29, 0.717) is 0 Å². The van der Waals surface area contributed by atoms with Crippen molar-refractivity contribution in [2.24, 2.45) is 0 Å². The quantitative estimate of drug-likeness (QED) is 0.427. The van der Waals surface area contributed by atoms with Crippen molar-refractivity contribution >= 4 is 17.4 Å². The Kier molecular flexibility index (Phi) is 3.86. The zero-order valence-corrected chi connectivity index (χ0v) is 13.3. The second kappa shape index (κ2) is 5.78. The molecule has 0 saturated carbocycles. The Balaban J connectivity index is 2.19. The van der Waals surface area contributed by atoms with Crippen molar-refractivity contribution in [1.82, 2.24) is 4.98 Å². The number of hydrogen-bond donors (Lipinski definition) is 2. The molecule has 0 fully saturated rings. The second-order valence-electron chi connectivity index (χ2n) is 4.59. The van der Waals surface area contributed by atoms with Crippen LogP contribution in [0, 0.1) is 0 Å². The van der Waals surface area contributed by atoms with Crippen LogP contribution in [0.5, 0.6) is 0 Å². The first-order chi connectivity index (χ1) is 9.75. The van der Waals surface area contributed by atoms with Crippen molar-refractivity contribution in [3.05, 3.63) is 42.1 Å². The summed E-state index contributed by atoms with van der Waals surface area (Å²) in [6.45, 7) is 1.53. The van der Waals surface area contributed by atoms with E-state index in [1.165, 1.54) is 16.9 Å². The van der Waals surface area contributed by atoms with Crippen LogP contribution in [0.1, 0.15) is 12.5 Å². The van der Waals surface area contributed by atoms with Gasteiger partial charge in [0.2, 0.25) is 0 Å². The van der Waals surface area contributed by atoms with Gasteiger partial charge in [-0.15, -0.1) is 0 Å². The molecule has 1 aliphatic rings. The Morgan fingerprint density at radius 2 is 2.15 bits per heavy atom. The number of nitrogens with zero attached hydrogens (tertiary/aromatic N) is 1. The fourth-order valence-electron chi connectivity index (χ4n) is 2.35. The maximum atomic E-state index is 11.4. The molecule has 0 bridgehead atoms. The van der Waals surface area contributed by atoms with Crippen molar-refractivity contribution in [2.75, 3.05) is 13.3 Å². The Labute approximate surface area is 128 Å². The number of fused-ring (bicyclic) bond motifs is 1. The summed E-state index contributed by atoms with van der Waals surface area (Å²) in [5, 5.41) is 2.90. The van der Waals surface area contributed by atoms with Gasteiger partial charge in [0.05, 0.1) is 0 Å². The van der Waals surface area contributed by atoms with Crippen LogP contribution in [0.4, 0.5) is 11.5 Å². The van der Waals surface area contributed by atoms with Crippen LogP contribution < -0.4 is 30.3 Å². The Morgan fingerprint density at radius 1 is 1.35 bits per heavy atom. The Bertz CT molecular complexity index is 643. The molecule has 20 heavy (non-hydrogen) atoms. The first-order valence-electron chi connectivity index (χ1n) is 6.45. The van der Waals surface area contributed by atoms with Gasteiger partial charge in [-0.2, -0.15) is 0 Å². The van der Waals surface area contributed by atoms with E-state index in [-0.39, 0.29) is 27.4 Å². The molecule has 0 atom stereocenters. The van der Waals surface area contributed by atoms with Crippen molar-refractivity contribution in [3.63, 3.8) is 0 Å². The van der Waals surface area contributed by atoms with Gasteiger partial charge in [-0.1, -0.05) is 0 Å². The summed E-state index contributed by atoms with van der Waals surface area (Å²) < 4.78 is 4.63. The number of hydrogen-bond acceptors (Lipinski definition) is 3. The van der Waals surface area contributed by atoms with E-state index < -0.39 is 0 Å². The normalized spacial score (nSPS) is 13.7. The molecule has 0 aliphatic carbocycles. The number of rotatable bonds is 2. The standard InChI is InChI=1S/C15H15IN3O/c1-10(20)18-13-9-17-15-12(7-8-16-19-15)14(13)11-5-3-2-4-6-11/h2-6,9H,7-8H2,1H3,(H,17,19)(H,18,20)/q-1. The van der Waals surface area contributed by atoms with E-state index in [1.807, 2.05) is 18.2 Å². The number of nitrogens with one attached hydrogen (secondary N) is 2. The molecule has 1 aliphatic heterocycles. The van der Waals surface area contributed by atoms with E-state index >= 15 is 0 Å². The predicted octanol–water partition coefficient (Wildman–Crippen LogP) is -0.321. The maximum absolute atomic E-state index is 11.4. The minimum absolute atomic E-state index is 0.0158. The summed E-state index contributed by atoms with van der Waals surface area (Å²) in [4.78, 5) is 15.9. The third-order valence-corrected chi connectivity index (χ3v) is 5.12. The molecule has 2 heterocycles. The molecule has 104 valence electrons. The van der Waals surface area contributed by atoms with E-state index in [1.54, 1.807) is 6.20 Å². The van der Waals surface area contributed by atoms with Gasteiger partial charge in [-0.05, 0) is 0 Å². The summed E-state index contributed by atoms with van der Waals surface area (Å²) in [6, 6.07) is 10.2. The first-order valence-corrected chi connectivity index (χ1v) is 9.05.